The van der Waals surface area contributed by atoms with Gasteiger partial charge in [0.15, 0.2) is 0 Å². The Labute approximate surface area is 124 Å². The second-order valence-electron chi connectivity index (χ2n) is 5.83. The fourth-order valence-corrected chi connectivity index (χ4v) is 3.46. The van der Waals surface area contributed by atoms with E-state index in [0.29, 0.717) is 5.41 Å². The maximum Gasteiger partial charge on any atom is 0.105 e. The van der Waals surface area contributed by atoms with Crippen LogP contribution in [-0.4, -0.2) is 24.2 Å². The van der Waals surface area contributed by atoms with Crippen molar-refractivity contribution < 1.29 is 4.42 Å². The van der Waals surface area contributed by atoms with Gasteiger partial charge in [-0.15, -0.1) is 0 Å². The third kappa shape index (κ3) is 4.88. The van der Waals surface area contributed by atoms with Crippen LogP contribution < -0.4 is 0 Å². The largest absolute Gasteiger partial charge is 0.469 e. The summed E-state index contributed by atoms with van der Waals surface area (Å²) < 4.78 is 5.38. The van der Waals surface area contributed by atoms with E-state index < -0.39 is 0 Å². The topological polar surface area (TPSA) is 16.4 Å². The molecule has 1 aromatic heterocycles. The standard InChI is InChI=1S/C16H29NOS/c1-5-8-16(13-19,9-6-2)12-17(4)11-15-7-10-18-14(15)3/h7,10,19H,5-6,8-9,11-13H2,1-4H3. The van der Waals surface area contributed by atoms with Gasteiger partial charge in [0.2, 0.25) is 0 Å². The van der Waals surface area contributed by atoms with Crippen LogP contribution in [0.15, 0.2) is 16.7 Å². The fourth-order valence-electron chi connectivity index (χ4n) is 3.05. The number of thiol groups is 1. The summed E-state index contributed by atoms with van der Waals surface area (Å²) in [6, 6.07) is 2.08. The Hall–Kier alpha value is -0.410. The van der Waals surface area contributed by atoms with Crippen LogP contribution in [0.25, 0.3) is 0 Å². The normalized spacial score (nSPS) is 12.3. The van der Waals surface area contributed by atoms with Crippen LogP contribution in [0.1, 0.15) is 50.9 Å². The molecule has 0 radical (unpaired) electrons. The van der Waals surface area contributed by atoms with E-state index in [-0.39, 0.29) is 0 Å². The van der Waals surface area contributed by atoms with Crippen LogP contribution in [0.5, 0.6) is 0 Å². The fraction of sp³-hybridized carbons (Fsp3) is 0.750. The van der Waals surface area contributed by atoms with Gasteiger partial charge in [-0.2, -0.15) is 12.6 Å². The van der Waals surface area contributed by atoms with E-state index in [0.717, 1.165) is 24.6 Å². The van der Waals surface area contributed by atoms with Crippen molar-refractivity contribution in [1.29, 1.82) is 0 Å². The summed E-state index contributed by atoms with van der Waals surface area (Å²) in [5, 5.41) is 0. The van der Waals surface area contributed by atoms with Gasteiger partial charge in [-0.3, -0.25) is 0 Å². The molecule has 0 aromatic carbocycles. The summed E-state index contributed by atoms with van der Waals surface area (Å²) in [6.45, 7) is 8.66. The SMILES string of the molecule is CCCC(CS)(CCC)CN(C)Cc1ccoc1C. The summed E-state index contributed by atoms with van der Waals surface area (Å²) in [6.07, 6.45) is 6.78. The van der Waals surface area contributed by atoms with E-state index in [4.69, 9.17) is 4.42 Å². The smallest absolute Gasteiger partial charge is 0.105 e. The van der Waals surface area contributed by atoms with Gasteiger partial charge >= 0.3 is 0 Å². The van der Waals surface area contributed by atoms with Crippen LogP contribution in [0.2, 0.25) is 0 Å². The van der Waals surface area contributed by atoms with Crippen LogP contribution in [0.4, 0.5) is 0 Å². The predicted molar refractivity (Wildman–Crippen MR) is 85.9 cm³/mol. The Morgan fingerprint density at radius 1 is 1.26 bits per heavy atom. The molecule has 0 aliphatic rings. The number of furan rings is 1. The van der Waals surface area contributed by atoms with E-state index in [2.05, 4.69) is 44.5 Å². The molecular weight excluding hydrogens is 254 g/mol. The van der Waals surface area contributed by atoms with Gasteiger partial charge in [0.25, 0.3) is 0 Å². The lowest BCUT2D eigenvalue weighted by molar-refractivity contribution is 0.164. The molecule has 0 bridgehead atoms. The van der Waals surface area contributed by atoms with Gasteiger partial charge in [0, 0.05) is 18.7 Å². The molecule has 1 heterocycles. The van der Waals surface area contributed by atoms with Crippen molar-refractivity contribution >= 4 is 12.6 Å². The maximum atomic E-state index is 5.38. The zero-order valence-electron chi connectivity index (χ0n) is 12.9. The zero-order valence-corrected chi connectivity index (χ0v) is 13.8. The van der Waals surface area contributed by atoms with Gasteiger partial charge in [-0.05, 0) is 44.0 Å². The first kappa shape index (κ1) is 16.6. The number of rotatable bonds is 9. The molecule has 3 heteroatoms. The predicted octanol–water partition coefficient (Wildman–Crippen LogP) is 4.54. The summed E-state index contributed by atoms with van der Waals surface area (Å²) in [4.78, 5) is 2.42. The Balaban J connectivity index is 2.64. The second kappa shape index (κ2) is 8.01. The first-order valence-corrected chi connectivity index (χ1v) is 8.02. The lowest BCUT2D eigenvalue weighted by atomic mass is 9.80. The third-order valence-electron chi connectivity index (χ3n) is 3.91. The van der Waals surface area contributed by atoms with Gasteiger partial charge in [-0.1, -0.05) is 26.7 Å². The van der Waals surface area contributed by atoms with E-state index in [1.165, 1.54) is 31.2 Å². The number of hydrogen-bond donors (Lipinski definition) is 1. The Kier molecular flexibility index (Phi) is 7.01. The van der Waals surface area contributed by atoms with Crippen molar-refractivity contribution in [2.45, 2.75) is 53.0 Å². The molecule has 0 N–H and O–H groups in total. The van der Waals surface area contributed by atoms with Crippen molar-refractivity contribution in [1.82, 2.24) is 4.90 Å². The average Bonchev–Trinajstić information content (AvgIpc) is 2.75. The highest BCUT2D eigenvalue weighted by Gasteiger charge is 2.28. The van der Waals surface area contributed by atoms with Gasteiger partial charge in [0.1, 0.15) is 5.76 Å². The molecule has 0 saturated carbocycles. The van der Waals surface area contributed by atoms with E-state index in [1.807, 2.05) is 6.92 Å². The van der Waals surface area contributed by atoms with E-state index in [9.17, 15) is 0 Å². The van der Waals surface area contributed by atoms with Crippen molar-refractivity contribution in [2.75, 3.05) is 19.3 Å². The highest BCUT2D eigenvalue weighted by atomic mass is 32.1. The van der Waals surface area contributed by atoms with E-state index >= 15 is 0 Å². The molecule has 0 aliphatic carbocycles. The first-order valence-electron chi connectivity index (χ1n) is 7.39. The molecule has 0 aliphatic heterocycles. The quantitative estimate of drug-likeness (QED) is 0.670. The minimum Gasteiger partial charge on any atom is -0.469 e. The number of aryl methyl sites for hydroxylation is 1. The Morgan fingerprint density at radius 3 is 2.32 bits per heavy atom. The van der Waals surface area contributed by atoms with Gasteiger partial charge in [-0.25, -0.2) is 0 Å². The average molecular weight is 283 g/mol. The molecule has 1 aromatic rings. The van der Waals surface area contributed by atoms with Crippen molar-refractivity contribution in [3.63, 3.8) is 0 Å². The number of hydrogen-bond acceptors (Lipinski definition) is 3. The van der Waals surface area contributed by atoms with Crippen LogP contribution >= 0.6 is 12.6 Å². The molecule has 0 unspecified atom stereocenters. The second-order valence-corrected chi connectivity index (χ2v) is 6.15. The van der Waals surface area contributed by atoms with Crippen molar-refractivity contribution in [3.05, 3.63) is 23.7 Å². The molecule has 19 heavy (non-hydrogen) atoms. The van der Waals surface area contributed by atoms with Crippen LogP contribution in [0.3, 0.4) is 0 Å². The summed E-state index contributed by atoms with van der Waals surface area (Å²) >= 11 is 4.63. The molecule has 0 amide bonds. The third-order valence-corrected chi connectivity index (χ3v) is 4.58. The Morgan fingerprint density at radius 2 is 1.89 bits per heavy atom. The molecule has 2 nitrogen and oxygen atoms in total. The molecular formula is C16H29NOS. The Bertz CT molecular complexity index is 355. The summed E-state index contributed by atoms with van der Waals surface area (Å²) in [5.41, 5.74) is 1.66. The zero-order chi connectivity index (χ0) is 14.3. The molecule has 110 valence electrons. The molecule has 0 atom stereocenters. The monoisotopic (exact) mass is 283 g/mol. The first-order chi connectivity index (χ1) is 9.06. The van der Waals surface area contributed by atoms with Gasteiger partial charge in [0.05, 0.1) is 6.26 Å². The van der Waals surface area contributed by atoms with Gasteiger partial charge < -0.3 is 9.32 Å². The maximum absolute atomic E-state index is 5.38. The minimum absolute atomic E-state index is 0.360. The molecule has 0 fully saturated rings. The molecule has 0 spiro atoms. The summed E-state index contributed by atoms with van der Waals surface area (Å²) in [5.74, 6) is 2.01. The number of nitrogens with zero attached hydrogens (tertiary/aromatic N) is 1. The lowest BCUT2D eigenvalue weighted by Crippen LogP contribution is -2.37. The van der Waals surface area contributed by atoms with Crippen molar-refractivity contribution in [3.8, 4) is 0 Å². The van der Waals surface area contributed by atoms with Crippen LogP contribution in [-0.2, 0) is 6.54 Å². The van der Waals surface area contributed by atoms with E-state index in [1.54, 1.807) is 6.26 Å². The molecule has 1 rings (SSSR count). The van der Waals surface area contributed by atoms with Crippen LogP contribution in [0, 0.1) is 12.3 Å². The highest BCUT2D eigenvalue weighted by molar-refractivity contribution is 7.80. The minimum atomic E-state index is 0.360. The highest BCUT2D eigenvalue weighted by Crippen LogP contribution is 2.32. The lowest BCUT2D eigenvalue weighted by Gasteiger charge is -2.36. The molecule has 0 saturated heterocycles. The summed E-state index contributed by atoms with van der Waals surface area (Å²) in [7, 11) is 2.20. The van der Waals surface area contributed by atoms with Crippen molar-refractivity contribution in [2.24, 2.45) is 5.41 Å².